The third kappa shape index (κ3) is 6.21. The number of nitrogens with zero attached hydrogens (tertiary/aromatic N) is 1. The minimum absolute atomic E-state index is 0.00586. The van der Waals surface area contributed by atoms with Gasteiger partial charge in [0.2, 0.25) is 0 Å². The van der Waals surface area contributed by atoms with Gasteiger partial charge in [0, 0.05) is 30.9 Å². The monoisotopic (exact) mass is 583 g/mol. The van der Waals surface area contributed by atoms with E-state index in [1.807, 2.05) is 4.72 Å². The molecule has 2 aromatic rings. The van der Waals surface area contributed by atoms with Gasteiger partial charge in [0.05, 0.1) is 16.4 Å². The number of amides is 1. The molecule has 1 heterocycles. The summed E-state index contributed by atoms with van der Waals surface area (Å²) in [5.74, 6) is 2.50. The minimum atomic E-state index is -4.34. The number of anilines is 1. The zero-order valence-corrected chi connectivity index (χ0v) is 23.9. The predicted octanol–water partition coefficient (Wildman–Crippen LogP) is 5.29. The third-order valence-electron chi connectivity index (χ3n) is 9.47. The molecule has 0 radical (unpaired) electrons. The second kappa shape index (κ2) is 11.2. The predicted molar refractivity (Wildman–Crippen MR) is 152 cm³/mol. The highest BCUT2D eigenvalue weighted by Crippen LogP contribution is 2.61. The van der Waals surface area contributed by atoms with Gasteiger partial charge in [0.15, 0.2) is 0 Å². The summed E-state index contributed by atoms with van der Waals surface area (Å²) in [7, 11) is -4.34. The van der Waals surface area contributed by atoms with Crippen LogP contribution < -0.4 is 14.8 Å². The molecule has 2 N–H and O–H groups in total. The fourth-order valence-electron chi connectivity index (χ4n) is 7.94. The second-order valence-electron chi connectivity index (χ2n) is 12.4. The van der Waals surface area contributed by atoms with Crippen LogP contribution in [0.5, 0.6) is 5.75 Å². The highest BCUT2D eigenvalue weighted by atomic mass is 32.2. The molecule has 7 rings (SSSR count). The lowest BCUT2D eigenvalue weighted by molar-refractivity contribution is -0.384. The number of sulfonamides is 1. The van der Waals surface area contributed by atoms with Gasteiger partial charge in [-0.15, -0.1) is 0 Å². The highest BCUT2D eigenvalue weighted by Gasteiger charge is 2.50. The molecule has 11 heteroatoms. The average Bonchev–Trinajstić information content (AvgIpc) is 2.93. The summed E-state index contributed by atoms with van der Waals surface area (Å²) in [5.41, 5.74) is 0.430. The summed E-state index contributed by atoms with van der Waals surface area (Å²) in [6.07, 6.45) is 10.7. The van der Waals surface area contributed by atoms with Gasteiger partial charge in [-0.1, -0.05) is 0 Å². The summed E-state index contributed by atoms with van der Waals surface area (Å²) in [6.45, 7) is 1.74. The summed E-state index contributed by atoms with van der Waals surface area (Å²) < 4.78 is 39.3. The van der Waals surface area contributed by atoms with Gasteiger partial charge >= 0.3 is 0 Å². The largest absolute Gasteiger partial charge is 0.494 e. The molecule has 1 amide bonds. The van der Waals surface area contributed by atoms with Crippen LogP contribution in [0, 0.1) is 33.3 Å². The maximum absolute atomic E-state index is 12.9. The summed E-state index contributed by atoms with van der Waals surface area (Å²) >= 11 is 0. The summed E-state index contributed by atoms with van der Waals surface area (Å²) in [4.78, 5) is 23.5. The third-order valence-corrected chi connectivity index (χ3v) is 10.8. The van der Waals surface area contributed by atoms with Crippen molar-refractivity contribution in [3.05, 3.63) is 58.1 Å². The van der Waals surface area contributed by atoms with Crippen molar-refractivity contribution in [2.45, 2.75) is 68.7 Å². The van der Waals surface area contributed by atoms with E-state index in [2.05, 4.69) is 5.32 Å². The first kappa shape index (κ1) is 28.0. The first-order chi connectivity index (χ1) is 19.7. The van der Waals surface area contributed by atoms with Crippen molar-refractivity contribution in [1.82, 2.24) is 4.72 Å². The molecular formula is C30H37N3O7S. The average molecular weight is 584 g/mol. The Hall–Kier alpha value is -3.18. The van der Waals surface area contributed by atoms with Gasteiger partial charge in [0.25, 0.3) is 21.6 Å². The van der Waals surface area contributed by atoms with E-state index in [-0.39, 0.29) is 27.9 Å². The molecule has 4 saturated carbocycles. The number of nitro groups is 1. The molecule has 1 aliphatic heterocycles. The number of ether oxygens (including phenoxy) is 2. The second-order valence-corrected chi connectivity index (χ2v) is 14.1. The SMILES string of the molecule is O=C(NS(=O)(=O)c1ccc(NC2CCOCC2)c([N+](=O)[O-])c1)c1ccc(OCCC23CC4CC(CC(C4)C2)C3)cc1. The number of carbonyl (C=O) groups is 1. The van der Waals surface area contributed by atoms with Crippen LogP contribution in [0.1, 0.15) is 68.1 Å². The smallest absolute Gasteiger partial charge is 0.293 e. The lowest BCUT2D eigenvalue weighted by Crippen LogP contribution is -2.46. The lowest BCUT2D eigenvalue weighted by Gasteiger charge is -2.57. The Kier molecular flexibility index (Phi) is 7.67. The molecule has 0 aromatic heterocycles. The van der Waals surface area contributed by atoms with E-state index in [9.17, 15) is 23.3 Å². The Labute approximate surface area is 240 Å². The Morgan fingerprint density at radius 3 is 2.24 bits per heavy atom. The molecule has 1 saturated heterocycles. The van der Waals surface area contributed by atoms with Crippen LogP contribution in [-0.4, -0.2) is 45.1 Å². The van der Waals surface area contributed by atoms with E-state index in [0.29, 0.717) is 43.8 Å². The molecule has 0 spiro atoms. The minimum Gasteiger partial charge on any atom is -0.494 e. The molecule has 4 bridgehead atoms. The first-order valence-corrected chi connectivity index (χ1v) is 16.1. The number of hydrogen-bond acceptors (Lipinski definition) is 8. The van der Waals surface area contributed by atoms with Gasteiger partial charge in [-0.05, 0) is 117 Å². The number of benzene rings is 2. The Morgan fingerprint density at radius 2 is 1.63 bits per heavy atom. The maximum Gasteiger partial charge on any atom is 0.293 e. The van der Waals surface area contributed by atoms with E-state index in [1.165, 1.54) is 62.8 Å². The standard InChI is InChI=1S/C30H37N3O7S/c34-29(32-41(37,38)26-5-6-27(28(16-26)33(35)36)31-24-7-10-39-11-8-24)23-1-3-25(4-2-23)40-12-9-30-17-20-13-21(18-30)15-22(14-20)19-30/h1-6,16,20-22,24,31H,7-15,17-19H2,(H,32,34). The number of nitrogens with one attached hydrogen (secondary N) is 2. The van der Waals surface area contributed by atoms with E-state index in [1.54, 1.807) is 12.1 Å². The van der Waals surface area contributed by atoms with Crippen LogP contribution in [0.3, 0.4) is 0 Å². The normalized spacial score (nSPS) is 27.4. The van der Waals surface area contributed by atoms with Gasteiger partial charge in [0.1, 0.15) is 11.4 Å². The van der Waals surface area contributed by atoms with E-state index < -0.39 is 20.9 Å². The number of hydrogen-bond donors (Lipinski definition) is 2. The molecule has 10 nitrogen and oxygen atoms in total. The molecule has 5 fully saturated rings. The number of rotatable bonds is 10. The highest BCUT2D eigenvalue weighted by molar-refractivity contribution is 7.90. The van der Waals surface area contributed by atoms with Gasteiger partial charge < -0.3 is 14.8 Å². The summed E-state index contributed by atoms with van der Waals surface area (Å²) in [6, 6.07) is 9.97. The summed E-state index contributed by atoms with van der Waals surface area (Å²) in [5, 5.41) is 14.8. The van der Waals surface area contributed by atoms with Crippen molar-refractivity contribution in [3.8, 4) is 5.75 Å². The fraction of sp³-hybridized carbons (Fsp3) is 0.567. The molecule has 0 unspecified atom stereocenters. The maximum atomic E-state index is 12.9. The van der Waals surface area contributed by atoms with E-state index >= 15 is 0 Å². The van der Waals surface area contributed by atoms with Crippen molar-refractivity contribution < 1.29 is 27.6 Å². The van der Waals surface area contributed by atoms with Crippen LogP contribution in [-0.2, 0) is 14.8 Å². The van der Waals surface area contributed by atoms with Crippen molar-refractivity contribution in [1.29, 1.82) is 0 Å². The quantitative estimate of drug-likeness (QED) is 0.284. The van der Waals surface area contributed by atoms with Crippen LogP contribution >= 0.6 is 0 Å². The van der Waals surface area contributed by atoms with Gasteiger partial charge in [-0.2, -0.15) is 0 Å². The van der Waals surface area contributed by atoms with Gasteiger partial charge in [-0.25, -0.2) is 13.1 Å². The van der Waals surface area contributed by atoms with Crippen LogP contribution in [0.4, 0.5) is 11.4 Å². The zero-order valence-electron chi connectivity index (χ0n) is 23.0. The van der Waals surface area contributed by atoms with Crippen LogP contribution in [0.25, 0.3) is 0 Å². The van der Waals surface area contributed by atoms with Crippen molar-refractivity contribution >= 4 is 27.3 Å². The molecule has 41 heavy (non-hydrogen) atoms. The Bertz CT molecular complexity index is 1370. The molecule has 5 aliphatic rings. The molecule has 0 atom stereocenters. The van der Waals surface area contributed by atoms with Gasteiger partial charge in [-0.3, -0.25) is 14.9 Å². The number of carbonyl (C=O) groups excluding carboxylic acids is 1. The number of nitro benzene ring substituents is 1. The van der Waals surface area contributed by atoms with Crippen molar-refractivity contribution in [2.75, 3.05) is 25.1 Å². The molecule has 2 aromatic carbocycles. The van der Waals surface area contributed by atoms with E-state index in [0.717, 1.165) is 30.2 Å². The molecule has 220 valence electrons. The van der Waals surface area contributed by atoms with Crippen LogP contribution in [0.2, 0.25) is 0 Å². The van der Waals surface area contributed by atoms with Crippen LogP contribution in [0.15, 0.2) is 47.4 Å². The fourth-order valence-corrected chi connectivity index (χ4v) is 8.93. The van der Waals surface area contributed by atoms with Crippen molar-refractivity contribution in [3.63, 3.8) is 0 Å². The Balaban J connectivity index is 1.05. The topological polar surface area (TPSA) is 137 Å². The zero-order chi connectivity index (χ0) is 28.6. The van der Waals surface area contributed by atoms with Crippen molar-refractivity contribution in [2.24, 2.45) is 23.2 Å². The molecule has 4 aliphatic carbocycles. The first-order valence-electron chi connectivity index (χ1n) is 14.6. The Morgan fingerprint density at radius 1 is 1.00 bits per heavy atom. The lowest BCUT2D eigenvalue weighted by atomic mass is 9.49. The molecular weight excluding hydrogens is 546 g/mol. The van der Waals surface area contributed by atoms with E-state index in [4.69, 9.17) is 9.47 Å².